The number of ether oxygens (including phenoxy) is 2. The average molecular weight is 324 g/mol. The molecule has 0 unspecified atom stereocenters. The first-order valence-corrected chi connectivity index (χ1v) is 7.47. The van der Waals surface area contributed by atoms with Gasteiger partial charge in [0, 0.05) is 31.6 Å². The van der Waals surface area contributed by atoms with Crippen LogP contribution in [0, 0.1) is 18.6 Å². The molecule has 1 aromatic heterocycles. The van der Waals surface area contributed by atoms with Crippen LogP contribution in [-0.2, 0) is 17.8 Å². The van der Waals surface area contributed by atoms with E-state index in [1.54, 1.807) is 13.0 Å². The third-order valence-electron chi connectivity index (χ3n) is 3.61. The van der Waals surface area contributed by atoms with Crippen molar-refractivity contribution in [3.8, 4) is 5.75 Å². The van der Waals surface area contributed by atoms with Crippen molar-refractivity contribution < 1.29 is 22.8 Å². The standard InChI is InChI=1S/C16H18F2N2O3/c1-10-4-12(20-23-10)9-22-16-7-14(17)11(6-15(16)18)5-13-8-19-2-3-21-13/h4,6-7,13,19H,2-3,5,8-9H2,1H3/t13-/m1/s1. The first-order chi connectivity index (χ1) is 11.1. The number of rotatable bonds is 5. The normalized spacial score (nSPS) is 18.1. The van der Waals surface area contributed by atoms with Gasteiger partial charge in [0.15, 0.2) is 11.6 Å². The molecule has 5 nitrogen and oxygen atoms in total. The molecule has 7 heteroatoms. The summed E-state index contributed by atoms with van der Waals surface area (Å²) in [5.41, 5.74) is 0.800. The van der Waals surface area contributed by atoms with Crippen LogP contribution in [0.25, 0.3) is 0 Å². The first kappa shape index (κ1) is 15.9. The summed E-state index contributed by atoms with van der Waals surface area (Å²) in [6, 6.07) is 3.90. The molecule has 1 atom stereocenters. The van der Waals surface area contributed by atoms with E-state index in [9.17, 15) is 8.78 Å². The lowest BCUT2D eigenvalue weighted by atomic mass is 10.1. The van der Waals surface area contributed by atoms with Crippen LogP contribution >= 0.6 is 0 Å². The van der Waals surface area contributed by atoms with Gasteiger partial charge in [0.2, 0.25) is 0 Å². The fourth-order valence-corrected chi connectivity index (χ4v) is 2.47. The van der Waals surface area contributed by atoms with E-state index >= 15 is 0 Å². The molecule has 1 N–H and O–H groups in total. The van der Waals surface area contributed by atoms with Crippen molar-refractivity contribution in [2.75, 3.05) is 19.7 Å². The van der Waals surface area contributed by atoms with Crippen LogP contribution < -0.4 is 10.1 Å². The minimum atomic E-state index is -0.606. The highest BCUT2D eigenvalue weighted by molar-refractivity contribution is 5.31. The topological polar surface area (TPSA) is 56.5 Å². The number of morpholine rings is 1. The Hall–Kier alpha value is -1.99. The summed E-state index contributed by atoms with van der Waals surface area (Å²) in [5, 5.41) is 6.90. The summed E-state index contributed by atoms with van der Waals surface area (Å²) in [6.07, 6.45) is 0.168. The minimum absolute atomic E-state index is 0.0166. The van der Waals surface area contributed by atoms with E-state index in [0.717, 1.165) is 18.7 Å². The summed E-state index contributed by atoms with van der Waals surface area (Å²) in [4.78, 5) is 0. The zero-order chi connectivity index (χ0) is 16.2. The highest BCUT2D eigenvalue weighted by atomic mass is 19.1. The molecule has 2 aromatic rings. The molecule has 23 heavy (non-hydrogen) atoms. The van der Waals surface area contributed by atoms with Gasteiger partial charge in [-0.2, -0.15) is 0 Å². The lowest BCUT2D eigenvalue weighted by molar-refractivity contribution is 0.0287. The fourth-order valence-electron chi connectivity index (χ4n) is 2.47. The van der Waals surface area contributed by atoms with Gasteiger partial charge in [-0.15, -0.1) is 0 Å². The van der Waals surface area contributed by atoms with Gasteiger partial charge in [0.25, 0.3) is 0 Å². The third kappa shape index (κ3) is 4.05. The number of benzene rings is 1. The Balaban J connectivity index is 1.66. The Kier molecular flexibility index (Phi) is 4.88. The Bertz CT molecular complexity index is 669. The van der Waals surface area contributed by atoms with Crippen molar-refractivity contribution in [1.29, 1.82) is 0 Å². The molecule has 0 amide bonds. The van der Waals surface area contributed by atoms with Crippen molar-refractivity contribution >= 4 is 0 Å². The van der Waals surface area contributed by atoms with Crippen molar-refractivity contribution in [2.24, 2.45) is 0 Å². The predicted molar refractivity (Wildman–Crippen MR) is 78.2 cm³/mol. The molecule has 1 aromatic carbocycles. The van der Waals surface area contributed by atoms with E-state index in [1.807, 2.05) is 0 Å². The zero-order valence-electron chi connectivity index (χ0n) is 12.8. The molecule has 124 valence electrons. The summed E-state index contributed by atoms with van der Waals surface area (Å²) in [5.74, 6) is -0.626. The average Bonchev–Trinajstić information content (AvgIpc) is 2.96. The Morgan fingerprint density at radius 1 is 1.30 bits per heavy atom. The second-order valence-corrected chi connectivity index (χ2v) is 5.49. The van der Waals surface area contributed by atoms with Gasteiger partial charge in [-0.05, 0) is 18.6 Å². The molecule has 0 saturated carbocycles. The van der Waals surface area contributed by atoms with Crippen LogP contribution in [-0.4, -0.2) is 31.0 Å². The molecule has 1 aliphatic rings. The number of halogens is 2. The monoisotopic (exact) mass is 324 g/mol. The second kappa shape index (κ2) is 7.06. The Morgan fingerprint density at radius 3 is 2.87 bits per heavy atom. The fraction of sp³-hybridized carbons (Fsp3) is 0.438. The lowest BCUT2D eigenvalue weighted by Gasteiger charge is -2.23. The molecular weight excluding hydrogens is 306 g/mol. The molecule has 3 rings (SSSR count). The molecule has 1 fully saturated rings. The van der Waals surface area contributed by atoms with Crippen molar-refractivity contribution in [2.45, 2.75) is 26.1 Å². The molecular formula is C16H18F2N2O3. The second-order valence-electron chi connectivity index (χ2n) is 5.49. The summed E-state index contributed by atoms with van der Waals surface area (Å²) < 4.78 is 43.9. The van der Waals surface area contributed by atoms with Crippen molar-refractivity contribution in [3.63, 3.8) is 0 Å². The minimum Gasteiger partial charge on any atom is -0.484 e. The van der Waals surface area contributed by atoms with E-state index in [-0.39, 0.29) is 24.0 Å². The number of aromatic nitrogens is 1. The van der Waals surface area contributed by atoms with Crippen LogP contribution in [0.5, 0.6) is 5.75 Å². The van der Waals surface area contributed by atoms with E-state index in [1.165, 1.54) is 0 Å². The van der Waals surface area contributed by atoms with Crippen LogP contribution in [0.3, 0.4) is 0 Å². The summed E-state index contributed by atoms with van der Waals surface area (Å²) in [6.45, 7) is 3.75. The number of nitrogens with one attached hydrogen (secondary N) is 1. The van der Waals surface area contributed by atoms with Gasteiger partial charge in [-0.1, -0.05) is 5.16 Å². The molecule has 1 aliphatic heterocycles. The number of nitrogens with zero attached hydrogens (tertiary/aromatic N) is 1. The van der Waals surface area contributed by atoms with E-state index in [4.69, 9.17) is 14.0 Å². The maximum absolute atomic E-state index is 14.2. The van der Waals surface area contributed by atoms with E-state index in [0.29, 0.717) is 31.0 Å². The van der Waals surface area contributed by atoms with Crippen LogP contribution in [0.2, 0.25) is 0 Å². The highest BCUT2D eigenvalue weighted by Crippen LogP contribution is 2.24. The SMILES string of the molecule is Cc1cc(COc2cc(F)c(C[C@@H]3CNCCO3)cc2F)no1. The Morgan fingerprint density at radius 2 is 2.17 bits per heavy atom. The molecule has 0 radical (unpaired) electrons. The van der Waals surface area contributed by atoms with Gasteiger partial charge in [-0.25, -0.2) is 8.78 Å². The summed E-state index contributed by atoms with van der Waals surface area (Å²) in [7, 11) is 0. The number of aryl methyl sites for hydroxylation is 1. The van der Waals surface area contributed by atoms with Crippen molar-refractivity contribution in [1.82, 2.24) is 10.5 Å². The molecule has 0 aliphatic carbocycles. The molecule has 0 bridgehead atoms. The molecule has 0 spiro atoms. The maximum atomic E-state index is 14.2. The van der Waals surface area contributed by atoms with Gasteiger partial charge >= 0.3 is 0 Å². The smallest absolute Gasteiger partial charge is 0.165 e. The van der Waals surface area contributed by atoms with Crippen LogP contribution in [0.1, 0.15) is 17.0 Å². The largest absolute Gasteiger partial charge is 0.484 e. The zero-order valence-corrected chi connectivity index (χ0v) is 12.8. The Labute approximate surface area is 132 Å². The van der Waals surface area contributed by atoms with E-state index < -0.39 is 11.6 Å². The van der Waals surface area contributed by atoms with Crippen molar-refractivity contribution in [3.05, 3.63) is 46.9 Å². The quantitative estimate of drug-likeness (QED) is 0.915. The van der Waals surface area contributed by atoms with Gasteiger partial charge < -0.3 is 19.3 Å². The first-order valence-electron chi connectivity index (χ1n) is 7.47. The lowest BCUT2D eigenvalue weighted by Crippen LogP contribution is -2.39. The number of hydrogen-bond donors (Lipinski definition) is 1. The molecule has 1 saturated heterocycles. The van der Waals surface area contributed by atoms with Gasteiger partial charge in [0.05, 0.1) is 12.7 Å². The highest BCUT2D eigenvalue weighted by Gasteiger charge is 2.18. The third-order valence-corrected chi connectivity index (χ3v) is 3.61. The van der Waals surface area contributed by atoms with Gasteiger partial charge in [-0.3, -0.25) is 0 Å². The van der Waals surface area contributed by atoms with Crippen LogP contribution in [0.4, 0.5) is 8.78 Å². The predicted octanol–water partition coefficient (Wildman–Crippen LogP) is 2.37. The number of hydrogen-bond acceptors (Lipinski definition) is 5. The summed E-state index contributed by atoms with van der Waals surface area (Å²) >= 11 is 0. The molecule has 2 heterocycles. The van der Waals surface area contributed by atoms with Gasteiger partial charge in [0.1, 0.15) is 23.9 Å². The van der Waals surface area contributed by atoms with E-state index in [2.05, 4.69) is 10.5 Å². The van der Waals surface area contributed by atoms with Crippen LogP contribution in [0.15, 0.2) is 22.7 Å². The maximum Gasteiger partial charge on any atom is 0.165 e.